The number of aromatic amines is 1. The lowest BCUT2D eigenvalue weighted by atomic mass is 10.0. The van der Waals surface area contributed by atoms with Crippen LogP contribution in [0.1, 0.15) is 43.6 Å². The molecule has 2 atom stereocenters. The summed E-state index contributed by atoms with van der Waals surface area (Å²) in [5, 5.41) is -0.00266. The summed E-state index contributed by atoms with van der Waals surface area (Å²) in [5.41, 5.74) is 3.39. The summed E-state index contributed by atoms with van der Waals surface area (Å²) in [6.45, 7) is 4.90. The summed E-state index contributed by atoms with van der Waals surface area (Å²) in [5.74, 6) is 1.13. The lowest BCUT2D eigenvalue weighted by molar-refractivity contribution is -0.134. The van der Waals surface area contributed by atoms with Crippen LogP contribution in [0, 0.1) is 6.92 Å². The number of hydrogen-bond donors (Lipinski definition) is 1. The quantitative estimate of drug-likeness (QED) is 0.905. The van der Waals surface area contributed by atoms with Crippen LogP contribution in [0.25, 0.3) is 11.3 Å². The standard InChI is InChI=1S/C19H25N3OS/c1-13-7-9-15(10-8-13)16-12-20-18(21-16)17-6-4-5-11-22(17)19(23)14(2)24-3/h7-10,12,14,17H,4-6,11H2,1-3H3,(H,20,21)/t14?,17-/m1/s1. The monoisotopic (exact) mass is 343 g/mol. The molecule has 2 heterocycles. The number of H-pyrrole nitrogens is 1. The van der Waals surface area contributed by atoms with Crippen LogP contribution in [0.15, 0.2) is 30.5 Å². The van der Waals surface area contributed by atoms with E-state index in [4.69, 9.17) is 0 Å². The molecule has 5 heteroatoms. The molecular formula is C19H25N3OS. The number of aryl methyl sites for hydroxylation is 1. The van der Waals surface area contributed by atoms with Crippen LogP contribution in [0.2, 0.25) is 0 Å². The van der Waals surface area contributed by atoms with Gasteiger partial charge in [-0.3, -0.25) is 4.79 Å². The van der Waals surface area contributed by atoms with Crippen LogP contribution in [-0.4, -0.2) is 38.8 Å². The van der Waals surface area contributed by atoms with Crippen molar-refractivity contribution in [3.63, 3.8) is 0 Å². The van der Waals surface area contributed by atoms with E-state index in [0.29, 0.717) is 0 Å². The van der Waals surface area contributed by atoms with E-state index in [1.165, 1.54) is 5.56 Å². The van der Waals surface area contributed by atoms with Gasteiger partial charge in [0.2, 0.25) is 5.91 Å². The molecule has 1 saturated heterocycles. The molecule has 1 N–H and O–H groups in total. The third kappa shape index (κ3) is 3.51. The van der Waals surface area contributed by atoms with E-state index in [0.717, 1.165) is 42.9 Å². The first kappa shape index (κ1) is 17.1. The summed E-state index contributed by atoms with van der Waals surface area (Å²) in [4.78, 5) is 22.8. The van der Waals surface area contributed by atoms with Gasteiger partial charge in [-0.05, 0) is 44.9 Å². The molecule has 1 aromatic carbocycles. The topological polar surface area (TPSA) is 49.0 Å². The van der Waals surface area contributed by atoms with Crippen molar-refractivity contribution < 1.29 is 4.79 Å². The maximum atomic E-state index is 12.7. The predicted molar refractivity (Wildman–Crippen MR) is 100 cm³/mol. The molecule has 24 heavy (non-hydrogen) atoms. The van der Waals surface area contributed by atoms with Crippen LogP contribution < -0.4 is 0 Å². The number of hydrogen-bond acceptors (Lipinski definition) is 3. The second-order valence-electron chi connectivity index (χ2n) is 6.47. The van der Waals surface area contributed by atoms with Crippen LogP contribution in [0.3, 0.4) is 0 Å². The molecule has 3 rings (SSSR count). The number of rotatable bonds is 4. The van der Waals surface area contributed by atoms with Gasteiger partial charge in [-0.25, -0.2) is 4.98 Å². The second kappa shape index (κ2) is 7.43. The Balaban J connectivity index is 1.84. The van der Waals surface area contributed by atoms with Gasteiger partial charge >= 0.3 is 0 Å². The number of likely N-dealkylation sites (tertiary alicyclic amines) is 1. The number of piperidine rings is 1. The Hall–Kier alpha value is -1.75. The van der Waals surface area contributed by atoms with Crippen molar-refractivity contribution in [2.75, 3.05) is 12.8 Å². The van der Waals surface area contributed by atoms with Gasteiger partial charge in [0.25, 0.3) is 0 Å². The molecule has 1 aliphatic rings. The predicted octanol–water partition coefficient (Wildman–Crippen LogP) is 4.19. The molecule has 2 aromatic rings. The second-order valence-corrected chi connectivity index (χ2v) is 7.65. The fourth-order valence-electron chi connectivity index (χ4n) is 3.20. The first-order chi connectivity index (χ1) is 11.6. The van der Waals surface area contributed by atoms with Crippen LogP contribution in [-0.2, 0) is 4.79 Å². The molecule has 1 amide bonds. The zero-order valence-electron chi connectivity index (χ0n) is 14.6. The van der Waals surface area contributed by atoms with Crippen LogP contribution >= 0.6 is 11.8 Å². The number of amides is 1. The third-order valence-electron chi connectivity index (χ3n) is 4.76. The van der Waals surface area contributed by atoms with E-state index >= 15 is 0 Å². The zero-order chi connectivity index (χ0) is 17.1. The van der Waals surface area contributed by atoms with E-state index in [9.17, 15) is 4.79 Å². The molecule has 1 aromatic heterocycles. The highest BCUT2D eigenvalue weighted by molar-refractivity contribution is 7.99. The minimum absolute atomic E-state index is 0.00266. The molecule has 0 saturated carbocycles. The van der Waals surface area contributed by atoms with Gasteiger partial charge in [0.05, 0.1) is 23.2 Å². The SMILES string of the molecule is CSC(C)C(=O)N1CCCC[C@@H]1c1ncc(-c2ccc(C)cc2)[nH]1. The Morgan fingerprint density at radius 3 is 2.79 bits per heavy atom. The minimum atomic E-state index is -0.00266. The van der Waals surface area contributed by atoms with Gasteiger partial charge < -0.3 is 9.88 Å². The Morgan fingerprint density at radius 2 is 2.08 bits per heavy atom. The molecule has 128 valence electrons. The Kier molecular flexibility index (Phi) is 5.29. The number of nitrogens with zero attached hydrogens (tertiary/aromatic N) is 2. The Bertz CT molecular complexity index is 695. The maximum Gasteiger partial charge on any atom is 0.236 e. The molecule has 0 aliphatic carbocycles. The Morgan fingerprint density at radius 1 is 1.33 bits per heavy atom. The normalized spacial score (nSPS) is 19.3. The Labute approximate surface area is 148 Å². The smallest absolute Gasteiger partial charge is 0.236 e. The highest BCUT2D eigenvalue weighted by atomic mass is 32.2. The van der Waals surface area contributed by atoms with E-state index in [-0.39, 0.29) is 17.2 Å². The average molecular weight is 343 g/mol. The molecular weight excluding hydrogens is 318 g/mol. The first-order valence-electron chi connectivity index (χ1n) is 8.55. The summed E-state index contributed by atoms with van der Waals surface area (Å²) < 4.78 is 0. The van der Waals surface area contributed by atoms with Gasteiger partial charge in [0, 0.05) is 6.54 Å². The van der Waals surface area contributed by atoms with Gasteiger partial charge in [0.15, 0.2) is 0 Å². The van der Waals surface area contributed by atoms with Gasteiger partial charge in [-0.2, -0.15) is 11.8 Å². The van der Waals surface area contributed by atoms with Gasteiger partial charge in [-0.15, -0.1) is 0 Å². The first-order valence-corrected chi connectivity index (χ1v) is 9.84. The molecule has 0 bridgehead atoms. The van der Waals surface area contributed by atoms with Crippen molar-refractivity contribution in [1.29, 1.82) is 0 Å². The number of imidazole rings is 1. The number of nitrogens with one attached hydrogen (secondary N) is 1. The van der Waals surface area contributed by atoms with E-state index in [1.54, 1.807) is 11.8 Å². The molecule has 1 aliphatic heterocycles. The van der Waals surface area contributed by atoms with Gasteiger partial charge in [-0.1, -0.05) is 29.8 Å². The van der Waals surface area contributed by atoms with Crippen molar-refractivity contribution in [2.24, 2.45) is 0 Å². The molecule has 1 unspecified atom stereocenters. The highest BCUT2D eigenvalue weighted by Gasteiger charge is 2.32. The number of carbonyl (C=O) groups is 1. The van der Waals surface area contributed by atoms with Crippen molar-refractivity contribution in [1.82, 2.24) is 14.9 Å². The van der Waals surface area contributed by atoms with E-state index < -0.39 is 0 Å². The van der Waals surface area contributed by atoms with Crippen molar-refractivity contribution >= 4 is 17.7 Å². The van der Waals surface area contributed by atoms with Crippen molar-refractivity contribution in [3.05, 3.63) is 41.9 Å². The lowest BCUT2D eigenvalue weighted by Gasteiger charge is -2.36. The molecule has 4 nitrogen and oxygen atoms in total. The maximum absolute atomic E-state index is 12.7. The number of aromatic nitrogens is 2. The molecule has 0 spiro atoms. The number of carbonyl (C=O) groups excluding carboxylic acids is 1. The van der Waals surface area contributed by atoms with Crippen LogP contribution in [0.4, 0.5) is 0 Å². The van der Waals surface area contributed by atoms with Crippen LogP contribution in [0.5, 0.6) is 0 Å². The highest BCUT2D eigenvalue weighted by Crippen LogP contribution is 2.32. The lowest BCUT2D eigenvalue weighted by Crippen LogP contribution is -2.42. The third-order valence-corrected chi connectivity index (χ3v) is 5.67. The van der Waals surface area contributed by atoms with E-state index in [1.807, 2.05) is 24.3 Å². The van der Waals surface area contributed by atoms with Crippen molar-refractivity contribution in [3.8, 4) is 11.3 Å². The average Bonchev–Trinajstić information content (AvgIpc) is 3.11. The van der Waals surface area contributed by atoms with Gasteiger partial charge in [0.1, 0.15) is 5.82 Å². The fraction of sp³-hybridized carbons (Fsp3) is 0.474. The number of benzene rings is 1. The fourth-order valence-corrected chi connectivity index (χ4v) is 3.54. The summed E-state index contributed by atoms with van der Waals surface area (Å²) in [7, 11) is 0. The molecule has 1 fully saturated rings. The van der Waals surface area contributed by atoms with Crippen molar-refractivity contribution in [2.45, 2.75) is 44.4 Å². The number of thioether (sulfide) groups is 1. The molecule has 0 radical (unpaired) electrons. The zero-order valence-corrected chi connectivity index (χ0v) is 15.4. The minimum Gasteiger partial charge on any atom is -0.340 e. The summed E-state index contributed by atoms with van der Waals surface area (Å²) in [6.07, 6.45) is 7.07. The van der Waals surface area contributed by atoms with E-state index in [2.05, 4.69) is 41.2 Å². The summed E-state index contributed by atoms with van der Waals surface area (Å²) in [6, 6.07) is 8.48. The largest absolute Gasteiger partial charge is 0.340 e. The summed E-state index contributed by atoms with van der Waals surface area (Å²) >= 11 is 1.61.